The number of halogens is 1. The fourth-order valence-corrected chi connectivity index (χ4v) is 2.63. The van der Waals surface area contributed by atoms with Gasteiger partial charge in [0.15, 0.2) is 0 Å². The van der Waals surface area contributed by atoms with Crippen LogP contribution in [0.1, 0.15) is 21.5 Å². The molecule has 0 spiro atoms. The van der Waals surface area contributed by atoms with Crippen molar-refractivity contribution in [2.24, 2.45) is 0 Å². The molecule has 0 saturated carbocycles. The number of hydrogen-bond acceptors (Lipinski definition) is 2. The lowest BCUT2D eigenvalue weighted by molar-refractivity contribution is -0.355. The number of ketones is 1. The Morgan fingerprint density at radius 1 is 1.16 bits per heavy atom. The quantitative estimate of drug-likeness (QED) is 0.596. The number of aryl methyl sites for hydroxylation is 1. The highest BCUT2D eigenvalue weighted by molar-refractivity contribution is 9.10. The summed E-state index contributed by atoms with van der Waals surface area (Å²) >= 11 is 3.35. The highest BCUT2D eigenvalue weighted by Gasteiger charge is 2.36. The first-order valence-corrected chi connectivity index (χ1v) is 6.63. The minimum absolute atomic E-state index is 0.182. The van der Waals surface area contributed by atoms with E-state index in [-0.39, 0.29) is 11.5 Å². The summed E-state index contributed by atoms with van der Waals surface area (Å²) in [5.41, 5.74) is 2.67. The molecule has 0 fully saturated rings. The van der Waals surface area contributed by atoms with Crippen molar-refractivity contribution in [2.45, 2.75) is 6.92 Å². The van der Waals surface area contributed by atoms with E-state index in [1.165, 1.54) is 0 Å². The molecule has 0 atom stereocenters. The molecule has 4 heteroatoms. The molecule has 0 bridgehead atoms. The van der Waals surface area contributed by atoms with Crippen LogP contribution in [-0.4, -0.2) is 16.2 Å². The van der Waals surface area contributed by atoms with Crippen molar-refractivity contribution in [3.63, 3.8) is 0 Å². The Kier molecular flexibility index (Phi) is 2.75. The zero-order valence-electron chi connectivity index (χ0n) is 10.2. The van der Waals surface area contributed by atoms with E-state index in [0.29, 0.717) is 16.8 Å². The molecule has 3 nitrogen and oxygen atoms in total. The number of fused-ring (bicyclic) bond motifs is 1. The maximum Gasteiger partial charge on any atom is 0.272 e. The third-order valence-corrected chi connectivity index (χ3v) is 3.63. The summed E-state index contributed by atoms with van der Waals surface area (Å²) in [5, 5.41) is 12.3. The van der Waals surface area contributed by atoms with Gasteiger partial charge in [-0.1, -0.05) is 28.1 Å². The van der Waals surface area contributed by atoms with Crippen LogP contribution in [0.15, 0.2) is 46.9 Å². The number of benzene rings is 2. The minimum atomic E-state index is -0.219. The number of carbonyl (C=O) groups is 1. The second-order valence-corrected chi connectivity index (χ2v) is 5.42. The van der Waals surface area contributed by atoms with Gasteiger partial charge in [0.1, 0.15) is 5.56 Å². The second kappa shape index (κ2) is 4.31. The zero-order chi connectivity index (χ0) is 13.6. The van der Waals surface area contributed by atoms with Crippen molar-refractivity contribution in [3.05, 3.63) is 68.8 Å². The van der Waals surface area contributed by atoms with E-state index in [4.69, 9.17) is 0 Å². The van der Waals surface area contributed by atoms with E-state index in [9.17, 15) is 10.0 Å². The van der Waals surface area contributed by atoms with Crippen LogP contribution < -0.4 is 0 Å². The number of Topliss-reactive ketones (excluding diaryl/α,β-unsaturated/α-hetero) is 1. The first kappa shape index (κ1) is 12.1. The summed E-state index contributed by atoms with van der Waals surface area (Å²) in [7, 11) is 0. The predicted molar refractivity (Wildman–Crippen MR) is 77.0 cm³/mol. The topological polar surface area (TPSA) is 43.1 Å². The summed E-state index contributed by atoms with van der Waals surface area (Å²) in [6, 6.07) is 12.5. The normalized spacial score (nSPS) is 13.9. The maximum absolute atomic E-state index is 12.3. The Morgan fingerprint density at radius 2 is 1.95 bits per heavy atom. The van der Waals surface area contributed by atoms with Crippen molar-refractivity contribution in [3.8, 4) is 0 Å². The SMILES string of the molecule is Cc1ccc2c(c1)[N+]([O-])=C(c1cccc(Br)c1)C2=O. The summed E-state index contributed by atoms with van der Waals surface area (Å²) in [4.78, 5) is 12.3. The lowest BCUT2D eigenvalue weighted by Crippen LogP contribution is -2.16. The van der Waals surface area contributed by atoms with Crippen molar-refractivity contribution in [2.75, 3.05) is 0 Å². The molecule has 1 aliphatic heterocycles. The highest BCUT2D eigenvalue weighted by Crippen LogP contribution is 2.29. The molecule has 2 aromatic carbocycles. The molecular formula is C15H10BrNO2. The fourth-order valence-electron chi connectivity index (χ4n) is 2.23. The molecular weight excluding hydrogens is 306 g/mol. The summed E-state index contributed by atoms with van der Waals surface area (Å²) < 4.78 is 1.57. The van der Waals surface area contributed by atoms with Gasteiger partial charge in [-0.05, 0) is 36.8 Å². The monoisotopic (exact) mass is 315 g/mol. The van der Waals surface area contributed by atoms with Gasteiger partial charge < -0.3 is 5.21 Å². The average Bonchev–Trinajstić information content (AvgIpc) is 2.61. The van der Waals surface area contributed by atoms with Gasteiger partial charge in [-0.2, -0.15) is 4.74 Å². The lowest BCUT2D eigenvalue weighted by Gasteiger charge is -2.02. The van der Waals surface area contributed by atoms with E-state index in [1.54, 1.807) is 24.3 Å². The van der Waals surface area contributed by atoms with Gasteiger partial charge in [0, 0.05) is 10.5 Å². The van der Waals surface area contributed by atoms with E-state index in [2.05, 4.69) is 15.9 Å². The number of hydrogen-bond donors (Lipinski definition) is 0. The number of nitrogens with zero attached hydrogens (tertiary/aromatic N) is 1. The molecule has 2 aromatic rings. The molecule has 0 saturated heterocycles. The molecule has 94 valence electrons. The Labute approximate surface area is 118 Å². The smallest absolute Gasteiger partial charge is 0.272 e. The minimum Gasteiger partial charge on any atom is -0.618 e. The van der Waals surface area contributed by atoms with Crippen LogP contribution in [0.5, 0.6) is 0 Å². The molecule has 0 amide bonds. The summed E-state index contributed by atoms with van der Waals surface area (Å²) in [6.45, 7) is 1.90. The van der Waals surface area contributed by atoms with Gasteiger partial charge in [0.25, 0.3) is 11.5 Å². The van der Waals surface area contributed by atoms with Crippen LogP contribution >= 0.6 is 15.9 Å². The van der Waals surface area contributed by atoms with Crippen LogP contribution in [0.25, 0.3) is 0 Å². The summed E-state index contributed by atoms with van der Waals surface area (Å²) in [5.74, 6) is -0.219. The first-order valence-electron chi connectivity index (χ1n) is 5.83. The average molecular weight is 316 g/mol. The van der Waals surface area contributed by atoms with Crippen LogP contribution in [-0.2, 0) is 0 Å². The molecule has 0 N–H and O–H groups in total. The third kappa shape index (κ3) is 1.88. The molecule has 0 aromatic heterocycles. The first-order chi connectivity index (χ1) is 9.08. The third-order valence-electron chi connectivity index (χ3n) is 3.13. The van der Waals surface area contributed by atoms with Gasteiger partial charge in [-0.15, -0.1) is 0 Å². The fraction of sp³-hybridized carbons (Fsp3) is 0.0667. The second-order valence-electron chi connectivity index (χ2n) is 4.50. The number of rotatable bonds is 1. The molecule has 19 heavy (non-hydrogen) atoms. The standard InChI is InChI=1S/C15H10BrNO2/c1-9-5-6-12-13(7-9)17(19)14(15(12)18)10-3-2-4-11(16)8-10/h2-8H,1H3. The van der Waals surface area contributed by atoms with Gasteiger partial charge in [0.05, 0.1) is 5.56 Å². The zero-order valence-corrected chi connectivity index (χ0v) is 11.8. The highest BCUT2D eigenvalue weighted by atomic mass is 79.9. The van der Waals surface area contributed by atoms with E-state index < -0.39 is 0 Å². The van der Waals surface area contributed by atoms with Crippen molar-refractivity contribution in [1.29, 1.82) is 0 Å². The predicted octanol–water partition coefficient (Wildman–Crippen LogP) is 3.58. The Balaban J connectivity index is 2.22. The molecule has 0 unspecified atom stereocenters. The number of carbonyl (C=O) groups excluding carboxylic acids is 1. The van der Waals surface area contributed by atoms with Gasteiger partial charge in [-0.25, -0.2) is 0 Å². The molecule has 0 aliphatic carbocycles. The largest absolute Gasteiger partial charge is 0.618 e. The van der Waals surface area contributed by atoms with E-state index in [1.807, 2.05) is 25.1 Å². The van der Waals surface area contributed by atoms with E-state index in [0.717, 1.165) is 14.8 Å². The molecule has 0 radical (unpaired) electrons. The maximum atomic E-state index is 12.3. The molecule has 3 rings (SSSR count). The Hall–Kier alpha value is -1.94. The van der Waals surface area contributed by atoms with Gasteiger partial charge in [0.2, 0.25) is 5.69 Å². The molecule has 1 aliphatic rings. The van der Waals surface area contributed by atoms with Gasteiger partial charge >= 0.3 is 0 Å². The van der Waals surface area contributed by atoms with Crippen LogP contribution in [0.4, 0.5) is 5.69 Å². The van der Waals surface area contributed by atoms with E-state index >= 15 is 0 Å². The Morgan fingerprint density at radius 3 is 2.68 bits per heavy atom. The van der Waals surface area contributed by atoms with Crippen LogP contribution in [0.3, 0.4) is 0 Å². The van der Waals surface area contributed by atoms with Crippen molar-refractivity contribution < 1.29 is 9.53 Å². The van der Waals surface area contributed by atoms with Crippen molar-refractivity contribution >= 4 is 33.1 Å². The van der Waals surface area contributed by atoms with Gasteiger partial charge in [-0.3, -0.25) is 4.79 Å². The van der Waals surface area contributed by atoms with Crippen LogP contribution in [0, 0.1) is 12.1 Å². The van der Waals surface area contributed by atoms with Crippen molar-refractivity contribution in [1.82, 2.24) is 0 Å². The summed E-state index contributed by atoms with van der Waals surface area (Å²) in [6.07, 6.45) is 0. The van der Waals surface area contributed by atoms with Crippen LogP contribution in [0.2, 0.25) is 0 Å². The lowest BCUT2D eigenvalue weighted by atomic mass is 10.0. The Bertz CT molecular complexity index is 735. The molecule has 1 heterocycles.